The maximum atomic E-state index is 13.8. The van der Waals surface area contributed by atoms with Gasteiger partial charge < -0.3 is 64.6 Å². The van der Waals surface area contributed by atoms with Crippen LogP contribution in [0.5, 0.6) is 0 Å². The number of unbranched alkanes of at least 4 members (excludes halogenated alkanes) is 10. The molecule has 2 heterocycles. The van der Waals surface area contributed by atoms with E-state index < -0.39 is 120 Å². The van der Waals surface area contributed by atoms with Crippen LogP contribution in [0.3, 0.4) is 0 Å². The van der Waals surface area contributed by atoms with Crippen molar-refractivity contribution in [2.45, 2.75) is 216 Å². The summed E-state index contributed by atoms with van der Waals surface area (Å²) in [7, 11) is -11.5. The first-order valence-electron chi connectivity index (χ1n) is 24.6. The Balaban J connectivity index is 2.38. The highest BCUT2D eigenvalue weighted by Crippen LogP contribution is 2.49. The van der Waals surface area contributed by atoms with Gasteiger partial charge in [0.05, 0.1) is 24.9 Å². The molecule has 0 radical (unpaired) electrons. The summed E-state index contributed by atoms with van der Waals surface area (Å²) < 4.78 is 57.8. The third kappa shape index (κ3) is 27.4. The number of allylic oxidation sites excluding steroid dienone is 6. The van der Waals surface area contributed by atoms with E-state index in [1.54, 1.807) is 6.08 Å². The summed E-state index contributed by atoms with van der Waals surface area (Å²) in [5.74, 6) is -2.90. The highest BCUT2D eigenvalue weighted by Gasteiger charge is 2.50. The van der Waals surface area contributed by atoms with Crippen molar-refractivity contribution in [2.24, 2.45) is 5.92 Å². The van der Waals surface area contributed by atoms with Gasteiger partial charge in [-0.1, -0.05) is 114 Å². The van der Waals surface area contributed by atoms with E-state index in [1.807, 2.05) is 6.92 Å². The van der Waals surface area contributed by atoms with Gasteiger partial charge in [0.15, 0.2) is 12.4 Å². The standard InChI is InChI=1S/C47H82O20P2/c1-3-5-7-8-9-10-11-12-13-14-15-16-17-18-24-28-40(51)64-35-32-62-39(50)27-23-20-19-22-26-36-37(49)31-41(52)65-38(30-29-34(48)25-21-6-4-2)43(54)46(66-68(57,58)59)47(45(56)44(55)42(36)53)67-69(60,61)63-33-35/h9-10,12-13,19,22,29-30,34-38,41-49,52-56H,3-8,11,14-18,20-21,23-28,31-33H2,1-2H3,(H,60,61)(H2,57,58,59)/b10-9-,13-12-,22-19?,30-29+/t34-,35+,36-,37-,38+,41?,42+,43+,44-,45+,46+,47-/m0/s1. The number of rotatable bonds is 23. The van der Waals surface area contributed by atoms with Gasteiger partial charge in [-0.2, -0.15) is 0 Å². The molecule has 0 amide bonds. The average Bonchev–Trinajstić information content (AvgIpc) is 3.29. The van der Waals surface area contributed by atoms with Crippen LogP contribution >= 0.6 is 15.6 Å². The Morgan fingerprint density at radius 1 is 0.855 bits per heavy atom. The minimum atomic E-state index is -5.80. The summed E-state index contributed by atoms with van der Waals surface area (Å²) in [4.78, 5) is 56.8. The molecule has 2 aliphatic rings. The van der Waals surface area contributed by atoms with Crippen molar-refractivity contribution in [2.75, 3.05) is 13.2 Å². The van der Waals surface area contributed by atoms with Crippen molar-refractivity contribution < 1.29 is 96.9 Å². The first-order chi connectivity index (χ1) is 32.8. The van der Waals surface area contributed by atoms with Gasteiger partial charge in [-0.05, 0) is 64.2 Å². The highest BCUT2D eigenvalue weighted by atomic mass is 31.2. The third-order valence-corrected chi connectivity index (χ3v) is 13.2. The van der Waals surface area contributed by atoms with Crippen molar-refractivity contribution in [3.05, 3.63) is 48.6 Å². The molecule has 2 rings (SSSR count). The van der Waals surface area contributed by atoms with E-state index in [-0.39, 0.29) is 38.5 Å². The molecule has 22 heteroatoms. The molecule has 20 nitrogen and oxygen atoms in total. The zero-order valence-corrected chi connectivity index (χ0v) is 42.0. The first kappa shape index (κ1) is 62.9. The fourth-order valence-corrected chi connectivity index (χ4v) is 9.27. The van der Waals surface area contributed by atoms with Crippen molar-refractivity contribution in [1.82, 2.24) is 0 Å². The third-order valence-electron chi connectivity index (χ3n) is 11.7. The number of phosphoric ester groups is 2. The zero-order chi connectivity index (χ0) is 51.2. The molecule has 2 unspecified atom stereocenters. The van der Waals surface area contributed by atoms with Gasteiger partial charge in [0.1, 0.15) is 43.2 Å². The van der Waals surface area contributed by atoms with Gasteiger partial charge in [-0.25, -0.2) is 9.13 Å². The summed E-state index contributed by atoms with van der Waals surface area (Å²) in [6.07, 6.45) is 2.73. The summed E-state index contributed by atoms with van der Waals surface area (Å²) in [6.45, 7) is 2.49. The molecule has 69 heavy (non-hydrogen) atoms. The van der Waals surface area contributed by atoms with Gasteiger partial charge in [0.25, 0.3) is 0 Å². The fourth-order valence-electron chi connectivity index (χ4n) is 7.74. The lowest BCUT2D eigenvalue weighted by atomic mass is 9.83. The van der Waals surface area contributed by atoms with Crippen LogP contribution in [0.15, 0.2) is 48.6 Å². The van der Waals surface area contributed by atoms with E-state index in [0.717, 1.165) is 63.5 Å². The number of aliphatic hydroxyl groups is 7. The van der Waals surface area contributed by atoms with Crippen LogP contribution in [0.4, 0.5) is 0 Å². The van der Waals surface area contributed by atoms with E-state index in [2.05, 4.69) is 31.2 Å². The maximum absolute atomic E-state index is 13.8. The van der Waals surface area contributed by atoms with Crippen LogP contribution in [-0.2, 0) is 46.5 Å². The highest BCUT2D eigenvalue weighted by molar-refractivity contribution is 7.47. The van der Waals surface area contributed by atoms with Gasteiger partial charge in [-0.15, -0.1) is 0 Å². The molecular formula is C47H82O20P2. The zero-order valence-electron chi connectivity index (χ0n) is 40.3. The summed E-state index contributed by atoms with van der Waals surface area (Å²) >= 11 is 0. The van der Waals surface area contributed by atoms with Crippen molar-refractivity contribution in [3.63, 3.8) is 0 Å². The Bertz CT molecular complexity index is 1640. The number of hydrogen-bond donors (Lipinski definition) is 10. The van der Waals surface area contributed by atoms with Crippen LogP contribution in [0, 0.1) is 5.92 Å². The van der Waals surface area contributed by atoms with E-state index in [4.69, 9.17) is 27.8 Å². The number of aliphatic hydroxyl groups excluding tert-OH is 7. The lowest BCUT2D eigenvalue weighted by molar-refractivity contribution is -0.210. The predicted molar refractivity (Wildman–Crippen MR) is 254 cm³/mol. The molecule has 13 atom stereocenters. The second-order valence-electron chi connectivity index (χ2n) is 17.7. The van der Waals surface area contributed by atoms with Crippen LogP contribution in [0.1, 0.15) is 149 Å². The number of carbonyl (C=O) groups is 2. The molecule has 2 bridgehead atoms. The summed E-state index contributed by atoms with van der Waals surface area (Å²) in [5.41, 5.74) is 0. The molecule has 2 aliphatic heterocycles. The maximum Gasteiger partial charge on any atom is 0.472 e. The van der Waals surface area contributed by atoms with E-state index in [1.165, 1.54) is 25.3 Å². The van der Waals surface area contributed by atoms with Gasteiger partial charge >= 0.3 is 27.6 Å². The lowest BCUT2D eigenvalue weighted by Gasteiger charge is -2.41. The van der Waals surface area contributed by atoms with Gasteiger partial charge in [-0.3, -0.25) is 23.2 Å². The smallest absolute Gasteiger partial charge is 0.462 e. The second kappa shape index (κ2) is 35.0. The molecule has 0 saturated carbocycles. The Kier molecular flexibility index (Phi) is 31.9. The molecule has 0 aromatic rings. The quantitative estimate of drug-likeness (QED) is 0.0265. The summed E-state index contributed by atoms with van der Waals surface area (Å²) in [6, 6.07) is 0. The van der Waals surface area contributed by atoms with Crippen LogP contribution in [0.25, 0.3) is 0 Å². The molecular weight excluding hydrogens is 946 g/mol. The Hall–Kier alpha value is -2.20. The van der Waals surface area contributed by atoms with Crippen molar-refractivity contribution in [1.29, 1.82) is 0 Å². The Labute approximate surface area is 407 Å². The Morgan fingerprint density at radius 2 is 1.51 bits per heavy atom. The molecule has 1 saturated heterocycles. The van der Waals surface area contributed by atoms with Crippen LogP contribution in [0.2, 0.25) is 0 Å². The minimum Gasteiger partial charge on any atom is -0.462 e. The largest absolute Gasteiger partial charge is 0.472 e. The molecule has 400 valence electrons. The van der Waals surface area contributed by atoms with Crippen molar-refractivity contribution >= 4 is 27.6 Å². The van der Waals surface area contributed by atoms with Crippen molar-refractivity contribution in [3.8, 4) is 0 Å². The van der Waals surface area contributed by atoms with Crippen LogP contribution in [-0.4, -0.2) is 143 Å². The molecule has 0 spiro atoms. The Morgan fingerprint density at radius 3 is 2.19 bits per heavy atom. The van der Waals surface area contributed by atoms with Gasteiger partial charge in [0.2, 0.25) is 0 Å². The minimum absolute atomic E-state index is 0.0554. The molecule has 0 aromatic carbocycles. The van der Waals surface area contributed by atoms with Gasteiger partial charge in [0, 0.05) is 25.2 Å². The number of cyclic esters (lactones) is 1. The average molecular weight is 1030 g/mol. The molecule has 10 N–H and O–H groups in total. The van der Waals surface area contributed by atoms with E-state index >= 15 is 0 Å². The van der Waals surface area contributed by atoms with Crippen LogP contribution < -0.4 is 0 Å². The number of phosphoric acid groups is 2. The summed E-state index contributed by atoms with van der Waals surface area (Å²) in [5, 5.41) is 79.0. The number of carbonyl (C=O) groups excluding carboxylic acids is 2. The second-order valence-corrected chi connectivity index (χ2v) is 20.3. The molecule has 0 aromatic heterocycles. The number of hydrogen-bond acceptors (Lipinski definition) is 17. The SMILES string of the molecule is CCCCC/C=C\C/C=C\CCCCCCCC(=O)O[C@@H]1COC(=O)CCCC=CC[C@@H]2[C@@H](O)[C@H](O)[C@@H](O)[C@H](OP(=O)(O)OC1)[C@H](OP(=O)(O)O)[C@H](O)[C@@H](/C=C/[C@@H](O)CCCCC)OC(O)C[C@@H]2O. The predicted octanol–water partition coefficient (Wildman–Crippen LogP) is 5.39. The normalized spacial score (nSPS) is 31.5. The fraction of sp³-hybridized carbons (Fsp3) is 0.787. The first-order valence-corrected chi connectivity index (χ1v) is 27.6. The molecule has 1 fully saturated rings. The van der Waals surface area contributed by atoms with E-state index in [9.17, 15) is 69.1 Å². The number of esters is 2. The monoisotopic (exact) mass is 1030 g/mol. The van der Waals surface area contributed by atoms with E-state index in [0.29, 0.717) is 19.3 Å². The molecule has 0 aliphatic carbocycles. The topological polar surface area (TPSA) is 326 Å². The lowest BCUT2D eigenvalue weighted by Crippen LogP contribution is -2.58. The number of fused-ring (bicyclic) bond motifs is 4. The number of ether oxygens (including phenoxy) is 3.